The lowest BCUT2D eigenvalue weighted by molar-refractivity contribution is 0.0187. The molecule has 0 bridgehead atoms. The van der Waals surface area contributed by atoms with E-state index in [-0.39, 0.29) is 18.0 Å². The molecule has 3 nitrogen and oxygen atoms in total. The van der Waals surface area contributed by atoms with Gasteiger partial charge in [0.05, 0.1) is 17.2 Å². The second-order valence-corrected chi connectivity index (χ2v) is 5.45. The van der Waals surface area contributed by atoms with Crippen LogP contribution < -0.4 is 10.1 Å². The Labute approximate surface area is 124 Å². The Kier molecular flexibility index (Phi) is 6.07. The molecule has 112 valence electrons. The van der Waals surface area contributed by atoms with E-state index in [4.69, 9.17) is 21.1 Å². The first-order valence-corrected chi connectivity index (χ1v) is 7.51. The highest BCUT2D eigenvalue weighted by Gasteiger charge is 2.25. The highest BCUT2D eigenvalue weighted by Crippen LogP contribution is 2.26. The fourth-order valence-electron chi connectivity index (χ4n) is 2.27. The molecule has 0 amide bonds. The first-order chi connectivity index (χ1) is 9.69. The molecule has 0 spiro atoms. The molecule has 0 aliphatic carbocycles. The predicted octanol–water partition coefficient (Wildman–Crippen LogP) is 3.41. The Hall–Kier alpha value is -0.840. The standard InChI is InChI=1S/C15H21ClFNO2/c1-2-7-18-9-12-4-5-13(20-12)10-19-15-6-3-11(17)8-14(15)16/h3,6,8,12-13,18H,2,4-5,7,9-10H2,1H3. The van der Waals surface area contributed by atoms with Gasteiger partial charge in [0, 0.05) is 6.54 Å². The quantitative estimate of drug-likeness (QED) is 0.783. The molecule has 1 heterocycles. The van der Waals surface area contributed by atoms with E-state index in [1.165, 1.54) is 12.1 Å². The van der Waals surface area contributed by atoms with Gasteiger partial charge in [0.25, 0.3) is 0 Å². The Morgan fingerprint density at radius 3 is 2.95 bits per heavy atom. The van der Waals surface area contributed by atoms with Crippen molar-refractivity contribution in [3.63, 3.8) is 0 Å². The SMILES string of the molecule is CCCNCC1CCC(COc2ccc(F)cc2Cl)O1. The Morgan fingerprint density at radius 2 is 2.20 bits per heavy atom. The zero-order valence-electron chi connectivity index (χ0n) is 11.7. The maximum atomic E-state index is 12.9. The Morgan fingerprint density at radius 1 is 1.40 bits per heavy atom. The fraction of sp³-hybridized carbons (Fsp3) is 0.600. The highest BCUT2D eigenvalue weighted by atomic mass is 35.5. The number of hydrogen-bond donors (Lipinski definition) is 1. The van der Waals surface area contributed by atoms with E-state index in [9.17, 15) is 4.39 Å². The molecule has 1 aliphatic rings. The molecule has 1 N–H and O–H groups in total. The number of ether oxygens (including phenoxy) is 2. The third kappa shape index (κ3) is 4.62. The minimum Gasteiger partial charge on any atom is -0.489 e. The van der Waals surface area contributed by atoms with Crippen LogP contribution in [0, 0.1) is 5.82 Å². The van der Waals surface area contributed by atoms with Gasteiger partial charge in [0.1, 0.15) is 18.2 Å². The van der Waals surface area contributed by atoms with Crippen LogP contribution >= 0.6 is 11.6 Å². The van der Waals surface area contributed by atoms with Crippen LogP contribution in [0.25, 0.3) is 0 Å². The monoisotopic (exact) mass is 301 g/mol. The van der Waals surface area contributed by atoms with Crippen LogP contribution in [0.4, 0.5) is 4.39 Å². The second-order valence-electron chi connectivity index (χ2n) is 5.05. The van der Waals surface area contributed by atoms with E-state index in [1.54, 1.807) is 6.07 Å². The van der Waals surface area contributed by atoms with E-state index in [0.29, 0.717) is 17.4 Å². The molecule has 20 heavy (non-hydrogen) atoms. The van der Waals surface area contributed by atoms with Crippen molar-refractivity contribution in [2.75, 3.05) is 19.7 Å². The first kappa shape index (κ1) is 15.5. The van der Waals surface area contributed by atoms with Crippen LogP contribution in [0.5, 0.6) is 5.75 Å². The van der Waals surface area contributed by atoms with Crippen molar-refractivity contribution in [1.82, 2.24) is 5.32 Å². The van der Waals surface area contributed by atoms with E-state index in [0.717, 1.165) is 32.4 Å². The number of rotatable bonds is 7. The van der Waals surface area contributed by atoms with Crippen LogP contribution in [0.15, 0.2) is 18.2 Å². The van der Waals surface area contributed by atoms with Crippen molar-refractivity contribution >= 4 is 11.6 Å². The summed E-state index contributed by atoms with van der Waals surface area (Å²) in [6, 6.07) is 4.14. The molecular formula is C15H21ClFNO2. The Balaban J connectivity index is 1.72. The summed E-state index contributed by atoms with van der Waals surface area (Å²) in [5.74, 6) is 0.144. The molecule has 0 radical (unpaired) electrons. The van der Waals surface area contributed by atoms with Gasteiger partial charge >= 0.3 is 0 Å². The first-order valence-electron chi connectivity index (χ1n) is 7.13. The lowest BCUT2D eigenvalue weighted by Gasteiger charge is -2.15. The predicted molar refractivity (Wildman–Crippen MR) is 78.0 cm³/mol. The number of hydrogen-bond acceptors (Lipinski definition) is 3. The summed E-state index contributed by atoms with van der Waals surface area (Å²) in [4.78, 5) is 0. The molecule has 2 atom stereocenters. The molecule has 0 aromatic heterocycles. The third-order valence-corrected chi connectivity index (χ3v) is 3.61. The number of benzene rings is 1. The molecular weight excluding hydrogens is 281 g/mol. The van der Waals surface area contributed by atoms with Crippen molar-refractivity contribution in [3.05, 3.63) is 29.0 Å². The maximum Gasteiger partial charge on any atom is 0.138 e. The van der Waals surface area contributed by atoms with Gasteiger partial charge in [-0.25, -0.2) is 4.39 Å². The summed E-state index contributed by atoms with van der Waals surface area (Å²) >= 11 is 5.91. The fourth-order valence-corrected chi connectivity index (χ4v) is 2.49. The van der Waals surface area contributed by atoms with Crippen molar-refractivity contribution in [2.45, 2.75) is 38.4 Å². The van der Waals surface area contributed by atoms with Crippen LogP contribution in [0.1, 0.15) is 26.2 Å². The molecule has 1 aliphatic heterocycles. The molecule has 5 heteroatoms. The van der Waals surface area contributed by atoms with Crippen LogP contribution in [0.2, 0.25) is 5.02 Å². The zero-order chi connectivity index (χ0) is 14.4. The van der Waals surface area contributed by atoms with Gasteiger partial charge in [-0.1, -0.05) is 18.5 Å². The van der Waals surface area contributed by atoms with Gasteiger partial charge < -0.3 is 14.8 Å². The summed E-state index contributed by atoms with van der Waals surface area (Å²) in [6.45, 7) is 4.51. The van der Waals surface area contributed by atoms with Crippen molar-refractivity contribution < 1.29 is 13.9 Å². The molecule has 1 fully saturated rings. The minimum atomic E-state index is -0.360. The lowest BCUT2D eigenvalue weighted by atomic mass is 10.2. The van der Waals surface area contributed by atoms with Gasteiger partial charge in [-0.3, -0.25) is 0 Å². The third-order valence-electron chi connectivity index (χ3n) is 3.31. The smallest absolute Gasteiger partial charge is 0.138 e. The normalized spacial score (nSPS) is 22.1. The van der Waals surface area contributed by atoms with Crippen LogP contribution in [0.3, 0.4) is 0 Å². The van der Waals surface area contributed by atoms with Crippen molar-refractivity contribution in [2.24, 2.45) is 0 Å². The largest absolute Gasteiger partial charge is 0.489 e. The summed E-state index contributed by atoms with van der Waals surface area (Å²) in [6.07, 6.45) is 3.50. The van der Waals surface area contributed by atoms with Gasteiger partial charge in [0.15, 0.2) is 0 Å². The van der Waals surface area contributed by atoms with Gasteiger partial charge in [-0.15, -0.1) is 0 Å². The van der Waals surface area contributed by atoms with E-state index < -0.39 is 0 Å². The van der Waals surface area contributed by atoms with E-state index >= 15 is 0 Å². The van der Waals surface area contributed by atoms with E-state index in [2.05, 4.69) is 12.2 Å². The minimum absolute atomic E-state index is 0.0875. The van der Waals surface area contributed by atoms with Gasteiger partial charge in [-0.2, -0.15) is 0 Å². The average Bonchev–Trinajstić information content (AvgIpc) is 2.86. The molecule has 2 rings (SSSR count). The highest BCUT2D eigenvalue weighted by molar-refractivity contribution is 6.32. The summed E-state index contributed by atoms with van der Waals surface area (Å²) in [7, 11) is 0. The summed E-state index contributed by atoms with van der Waals surface area (Å²) in [5, 5.41) is 3.65. The van der Waals surface area contributed by atoms with Gasteiger partial charge in [-0.05, 0) is 44.0 Å². The van der Waals surface area contributed by atoms with Gasteiger partial charge in [0.2, 0.25) is 0 Å². The zero-order valence-corrected chi connectivity index (χ0v) is 12.5. The van der Waals surface area contributed by atoms with Crippen LogP contribution in [-0.2, 0) is 4.74 Å². The maximum absolute atomic E-state index is 12.9. The summed E-state index contributed by atoms with van der Waals surface area (Å²) < 4.78 is 24.4. The molecule has 2 unspecified atom stereocenters. The Bertz CT molecular complexity index is 430. The molecule has 1 aromatic carbocycles. The molecule has 0 saturated carbocycles. The number of halogens is 2. The number of nitrogens with one attached hydrogen (secondary N) is 1. The average molecular weight is 302 g/mol. The molecule has 1 aromatic rings. The lowest BCUT2D eigenvalue weighted by Crippen LogP contribution is -2.28. The second kappa shape index (κ2) is 7.81. The van der Waals surface area contributed by atoms with E-state index in [1.807, 2.05) is 0 Å². The van der Waals surface area contributed by atoms with Crippen molar-refractivity contribution in [3.8, 4) is 5.75 Å². The topological polar surface area (TPSA) is 30.5 Å². The molecule has 1 saturated heterocycles. The van der Waals surface area contributed by atoms with Crippen molar-refractivity contribution in [1.29, 1.82) is 0 Å². The van der Waals surface area contributed by atoms with Crippen LogP contribution in [-0.4, -0.2) is 31.9 Å². The summed E-state index contributed by atoms with van der Waals surface area (Å²) in [5.41, 5.74) is 0.